The molecule has 2 N–H and O–H groups in total. The van der Waals surface area contributed by atoms with Gasteiger partial charge in [-0.15, -0.1) is 0 Å². The molecule has 2 saturated carbocycles. The summed E-state index contributed by atoms with van der Waals surface area (Å²) < 4.78 is 0. The van der Waals surface area contributed by atoms with E-state index in [2.05, 4.69) is 0 Å². The molecule has 0 aliphatic heterocycles. The molecule has 0 aromatic rings. The molecule has 0 spiro atoms. The van der Waals surface area contributed by atoms with Crippen LogP contribution in [0.4, 0.5) is 0 Å². The van der Waals surface area contributed by atoms with E-state index in [0.29, 0.717) is 11.7 Å². The molecule has 0 aromatic carbocycles. The highest BCUT2D eigenvalue weighted by atomic mass is 16.1. The van der Waals surface area contributed by atoms with E-state index >= 15 is 0 Å². The van der Waals surface area contributed by atoms with Gasteiger partial charge in [0.2, 0.25) is 0 Å². The van der Waals surface area contributed by atoms with Crippen molar-refractivity contribution < 1.29 is 4.79 Å². The quantitative estimate of drug-likeness (QED) is 0.566. The average molecular weight is 153 g/mol. The van der Waals surface area contributed by atoms with E-state index in [-0.39, 0.29) is 6.04 Å². The first-order valence-corrected chi connectivity index (χ1v) is 4.55. The summed E-state index contributed by atoms with van der Waals surface area (Å²) in [6, 6.07) is -0.130. The molecule has 0 radical (unpaired) electrons. The predicted molar refractivity (Wildman–Crippen MR) is 43.0 cm³/mol. The van der Waals surface area contributed by atoms with Gasteiger partial charge in [-0.25, -0.2) is 0 Å². The third-order valence-corrected chi connectivity index (χ3v) is 3.25. The molecule has 2 nitrogen and oxygen atoms in total. The monoisotopic (exact) mass is 153 g/mol. The number of carbonyl (C=O) groups is 1. The summed E-state index contributed by atoms with van der Waals surface area (Å²) >= 11 is 0. The molecule has 2 aliphatic rings. The molecule has 0 aromatic heterocycles. The average Bonchev–Trinajstić information content (AvgIpc) is 2.36. The van der Waals surface area contributed by atoms with Gasteiger partial charge >= 0.3 is 0 Å². The molecule has 0 amide bonds. The highest BCUT2D eigenvalue weighted by molar-refractivity contribution is 5.84. The third kappa shape index (κ3) is 1.20. The van der Waals surface area contributed by atoms with E-state index in [1.54, 1.807) is 0 Å². The minimum Gasteiger partial charge on any atom is -0.321 e. The fraction of sp³-hybridized carbons (Fsp3) is 0.889. The van der Waals surface area contributed by atoms with Gasteiger partial charge in [-0.05, 0) is 24.7 Å². The molecular weight excluding hydrogens is 138 g/mol. The first kappa shape index (κ1) is 7.29. The van der Waals surface area contributed by atoms with Gasteiger partial charge in [-0.3, -0.25) is 4.79 Å². The number of Topliss-reactive ketones (excluding diaryl/α,β-unsaturated/α-hetero) is 1. The number of fused-ring (bicyclic) bond motifs is 1. The van der Waals surface area contributed by atoms with Crippen LogP contribution in [0.25, 0.3) is 0 Å². The van der Waals surface area contributed by atoms with Gasteiger partial charge in [0, 0.05) is 6.42 Å². The zero-order chi connectivity index (χ0) is 7.84. The van der Waals surface area contributed by atoms with E-state index < -0.39 is 0 Å². The minimum atomic E-state index is -0.130. The van der Waals surface area contributed by atoms with Gasteiger partial charge in [0.05, 0.1) is 6.04 Å². The molecule has 0 unspecified atom stereocenters. The lowest BCUT2D eigenvalue weighted by atomic mass is 9.79. The van der Waals surface area contributed by atoms with Crippen molar-refractivity contribution >= 4 is 5.78 Å². The van der Waals surface area contributed by atoms with E-state index in [4.69, 9.17) is 5.73 Å². The normalized spacial score (nSPS) is 44.1. The van der Waals surface area contributed by atoms with Gasteiger partial charge in [-0.1, -0.05) is 12.8 Å². The van der Waals surface area contributed by atoms with Crippen LogP contribution in [0.2, 0.25) is 0 Å². The van der Waals surface area contributed by atoms with Crippen molar-refractivity contribution in [2.45, 2.75) is 38.1 Å². The van der Waals surface area contributed by atoms with Crippen molar-refractivity contribution in [3.8, 4) is 0 Å². The molecule has 0 bridgehead atoms. The van der Waals surface area contributed by atoms with Gasteiger partial charge in [0.1, 0.15) is 5.78 Å². The zero-order valence-electron chi connectivity index (χ0n) is 6.75. The molecule has 2 aliphatic carbocycles. The highest BCUT2D eigenvalue weighted by Crippen LogP contribution is 2.40. The Kier molecular flexibility index (Phi) is 1.72. The lowest BCUT2D eigenvalue weighted by Gasteiger charge is -2.28. The molecular formula is C9H15NO. The molecule has 3 atom stereocenters. The Bertz CT molecular complexity index is 178. The van der Waals surface area contributed by atoms with Crippen molar-refractivity contribution in [1.29, 1.82) is 0 Å². The largest absolute Gasteiger partial charge is 0.321 e. The van der Waals surface area contributed by atoms with Crippen LogP contribution in [-0.4, -0.2) is 11.8 Å². The van der Waals surface area contributed by atoms with Crippen molar-refractivity contribution in [3.63, 3.8) is 0 Å². The standard InChI is InChI=1S/C9H15NO/c10-8-4-6-2-1-3-7(6)5-9(8)11/h6-8H,1-5,10H2/t6-,7-,8+/m1/s1. The van der Waals surface area contributed by atoms with Crippen LogP contribution < -0.4 is 5.73 Å². The molecule has 2 fully saturated rings. The second kappa shape index (κ2) is 2.59. The van der Waals surface area contributed by atoms with Crippen LogP contribution in [-0.2, 0) is 4.79 Å². The van der Waals surface area contributed by atoms with E-state index in [1.165, 1.54) is 19.3 Å². The maximum absolute atomic E-state index is 11.2. The van der Waals surface area contributed by atoms with E-state index in [0.717, 1.165) is 18.8 Å². The van der Waals surface area contributed by atoms with Crippen LogP contribution in [0.15, 0.2) is 0 Å². The topological polar surface area (TPSA) is 43.1 Å². The van der Waals surface area contributed by atoms with Crippen LogP contribution in [0.3, 0.4) is 0 Å². The summed E-state index contributed by atoms with van der Waals surface area (Å²) in [4.78, 5) is 11.2. The maximum atomic E-state index is 11.2. The van der Waals surface area contributed by atoms with Crippen LogP contribution in [0.1, 0.15) is 32.1 Å². The third-order valence-electron chi connectivity index (χ3n) is 3.25. The first-order valence-electron chi connectivity index (χ1n) is 4.55. The number of hydrogen-bond acceptors (Lipinski definition) is 2. The summed E-state index contributed by atoms with van der Waals surface area (Å²) in [5.41, 5.74) is 5.68. The van der Waals surface area contributed by atoms with Crippen molar-refractivity contribution in [2.75, 3.05) is 0 Å². The first-order chi connectivity index (χ1) is 5.27. The molecule has 62 valence electrons. The number of ketones is 1. The summed E-state index contributed by atoms with van der Waals surface area (Å²) in [7, 11) is 0. The van der Waals surface area contributed by atoms with Gasteiger partial charge < -0.3 is 5.73 Å². The Balaban J connectivity index is 2.06. The number of rotatable bonds is 0. The lowest BCUT2D eigenvalue weighted by molar-refractivity contribution is -0.123. The molecule has 0 saturated heterocycles. The molecule has 2 heteroatoms. The number of hydrogen-bond donors (Lipinski definition) is 1. The number of carbonyl (C=O) groups excluding carboxylic acids is 1. The van der Waals surface area contributed by atoms with Gasteiger partial charge in [0.25, 0.3) is 0 Å². The summed E-state index contributed by atoms with van der Waals surface area (Å²) in [6.07, 6.45) is 5.62. The molecule has 0 heterocycles. The van der Waals surface area contributed by atoms with E-state index in [9.17, 15) is 4.79 Å². The van der Waals surface area contributed by atoms with Crippen molar-refractivity contribution in [1.82, 2.24) is 0 Å². The van der Waals surface area contributed by atoms with Gasteiger partial charge in [-0.2, -0.15) is 0 Å². The van der Waals surface area contributed by atoms with Crippen molar-refractivity contribution in [2.24, 2.45) is 17.6 Å². The molecule has 11 heavy (non-hydrogen) atoms. The zero-order valence-corrected chi connectivity index (χ0v) is 6.75. The fourth-order valence-corrected chi connectivity index (χ4v) is 2.56. The lowest BCUT2D eigenvalue weighted by Crippen LogP contribution is -2.39. The molecule has 2 rings (SSSR count). The Morgan fingerprint density at radius 2 is 2.00 bits per heavy atom. The van der Waals surface area contributed by atoms with Gasteiger partial charge in [0.15, 0.2) is 0 Å². The second-order valence-corrected chi connectivity index (χ2v) is 3.96. The Morgan fingerprint density at radius 1 is 1.27 bits per heavy atom. The summed E-state index contributed by atoms with van der Waals surface area (Å²) in [6.45, 7) is 0. The van der Waals surface area contributed by atoms with Crippen LogP contribution >= 0.6 is 0 Å². The fourth-order valence-electron chi connectivity index (χ4n) is 2.56. The Hall–Kier alpha value is -0.370. The van der Waals surface area contributed by atoms with E-state index in [1.807, 2.05) is 0 Å². The Labute approximate surface area is 67.1 Å². The number of nitrogens with two attached hydrogens (primary N) is 1. The maximum Gasteiger partial charge on any atom is 0.149 e. The predicted octanol–water partition coefficient (Wildman–Crippen LogP) is 1.09. The van der Waals surface area contributed by atoms with Crippen molar-refractivity contribution in [3.05, 3.63) is 0 Å². The summed E-state index contributed by atoms with van der Waals surface area (Å²) in [5.74, 6) is 1.78. The highest BCUT2D eigenvalue weighted by Gasteiger charge is 2.36. The van der Waals surface area contributed by atoms with Crippen LogP contribution in [0, 0.1) is 11.8 Å². The SMILES string of the molecule is N[C@H]1C[C@H]2CCC[C@@H]2CC1=O. The minimum absolute atomic E-state index is 0.130. The Morgan fingerprint density at radius 3 is 2.82 bits per heavy atom. The van der Waals surface area contributed by atoms with Crippen LogP contribution in [0.5, 0.6) is 0 Å². The second-order valence-electron chi connectivity index (χ2n) is 3.96. The smallest absolute Gasteiger partial charge is 0.149 e. The summed E-state index contributed by atoms with van der Waals surface area (Å²) in [5, 5.41) is 0.